The SMILES string of the molecule is O=C(c1ccc2nnnn2c1)N1CCCC2=C[C@@H]3C[C@@H](CN4CCCC[C@H]34)[C@@H]21. The van der Waals surface area contributed by atoms with Crippen molar-refractivity contribution in [1.82, 2.24) is 29.8 Å². The Morgan fingerprint density at radius 1 is 1.14 bits per heavy atom. The summed E-state index contributed by atoms with van der Waals surface area (Å²) in [4.78, 5) is 18.3. The first-order valence-corrected chi connectivity index (χ1v) is 10.7. The van der Waals surface area contributed by atoms with Gasteiger partial charge in [0.25, 0.3) is 5.91 Å². The van der Waals surface area contributed by atoms with E-state index in [0.717, 1.165) is 32.0 Å². The van der Waals surface area contributed by atoms with Crippen LogP contribution in [0.2, 0.25) is 0 Å². The molecule has 7 heteroatoms. The van der Waals surface area contributed by atoms with Crippen molar-refractivity contribution < 1.29 is 4.79 Å². The lowest BCUT2D eigenvalue weighted by atomic mass is 9.68. The molecule has 3 fully saturated rings. The van der Waals surface area contributed by atoms with E-state index in [1.165, 1.54) is 37.8 Å². The summed E-state index contributed by atoms with van der Waals surface area (Å²) >= 11 is 0. The van der Waals surface area contributed by atoms with Gasteiger partial charge < -0.3 is 4.90 Å². The van der Waals surface area contributed by atoms with Crippen molar-refractivity contribution in [3.8, 4) is 0 Å². The predicted molar refractivity (Wildman–Crippen MR) is 104 cm³/mol. The number of carbonyl (C=O) groups is 1. The lowest BCUT2D eigenvalue weighted by Crippen LogP contribution is -2.60. The van der Waals surface area contributed by atoms with Crippen molar-refractivity contribution in [2.75, 3.05) is 19.6 Å². The van der Waals surface area contributed by atoms with Crippen LogP contribution in [0.1, 0.15) is 48.9 Å². The molecule has 5 heterocycles. The van der Waals surface area contributed by atoms with E-state index < -0.39 is 0 Å². The van der Waals surface area contributed by atoms with Gasteiger partial charge in [0, 0.05) is 25.3 Å². The fraction of sp³-hybridized carbons (Fsp3) is 0.619. The molecule has 0 aromatic carbocycles. The second-order valence-electron chi connectivity index (χ2n) is 8.91. The molecule has 3 saturated heterocycles. The van der Waals surface area contributed by atoms with Crippen LogP contribution in [0.15, 0.2) is 30.0 Å². The predicted octanol–water partition coefficient (Wildman–Crippen LogP) is 2.16. The van der Waals surface area contributed by atoms with Crippen LogP contribution < -0.4 is 0 Å². The van der Waals surface area contributed by atoms with Gasteiger partial charge in [-0.3, -0.25) is 9.69 Å². The molecular formula is C21H26N6O. The summed E-state index contributed by atoms with van der Waals surface area (Å²) in [6.45, 7) is 3.23. The maximum atomic E-state index is 13.5. The van der Waals surface area contributed by atoms with Gasteiger partial charge in [0.2, 0.25) is 0 Å². The highest BCUT2D eigenvalue weighted by Crippen LogP contribution is 2.45. The largest absolute Gasteiger partial charge is 0.332 e. The van der Waals surface area contributed by atoms with Gasteiger partial charge >= 0.3 is 0 Å². The first-order chi connectivity index (χ1) is 13.8. The maximum Gasteiger partial charge on any atom is 0.255 e. The lowest BCUT2D eigenvalue weighted by molar-refractivity contribution is 0.00146. The van der Waals surface area contributed by atoms with Crippen LogP contribution in [0.5, 0.6) is 0 Å². The van der Waals surface area contributed by atoms with E-state index in [1.54, 1.807) is 10.7 Å². The molecule has 1 aliphatic carbocycles. The maximum absolute atomic E-state index is 13.5. The summed E-state index contributed by atoms with van der Waals surface area (Å²) in [5.74, 6) is 1.38. The second kappa shape index (κ2) is 6.37. The number of rotatable bonds is 1. The fourth-order valence-corrected chi connectivity index (χ4v) is 6.23. The minimum Gasteiger partial charge on any atom is -0.332 e. The zero-order chi connectivity index (χ0) is 18.7. The molecule has 0 N–H and O–H groups in total. The molecule has 0 saturated carbocycles. The van der Waals surface area contributed by atoms with Crippen LogP contribution in [0.4, 0.5) is 0 Å². The van der Waals surface area contributed by atoms with Gasteiger partial charge in [0.1, 0.15) is 0 Å². The third-order valence-electron chi connectivity index (χ3n) is 7.36. The Balaban J connectivity index is 1.33. The Kier molecular flexibility index (Phi) is 3.79. The summed E-state index contributed by atoms with van der Waals surface area (Å²) in [6.07, 6.45) is 11.8. The smallest absolute Gasteiger partial charge is 0.255 e. The molecular weight excluding hydrogens is 352 g/mol. The number of carbonyl (C=O) groups excluding carboxylic acids is 1. The van der Waals surface area contributed by atoms with E-state index in [9.17, 15) is 4.79 Å². The first-order valence-electron chi connectivity index (χ1n) is 10.7. The van der Waals surface area contributed by atoms with E-state index in [0.29, 0.717) is 23.0 Å². The van der Waals surface area contributed by atoms with Gasteiger partial charge in [0.05, 0.1) is 11.6 Å². The molecule has 7 nitrogen and oxygen atoms in total. The third kappa shape index (κ3) is 2.52. The zero-order valence-electron chi connectivity index (χ0n) is 16.1. The number of piperidine rings is 3. The van der Waals surface area contributed by atoms with Crippen molar-refractivity contribution in [2.24, 2.45) is 11.8 Å². The van der Waals surface area contributed by atoms with Crippen molar-refractivity contribution in [2.45, 2.75) is 50.6 Å². The van der Waals surface area contributed by atoms with Crippen LogP contribution in [-0.2, 0) is 0 Å². The highest BCUT2D eigenvalue weighted by Gasteiger charge is 2.47. The Hall–Kier alpha value is -2.28. The van der Waals surface area contributed by atoms with Gasteiger partial charge in [-0.2, -0.15) is 4.52 Å². The van der Waals surface area contributed by atoms with E-state index in [2.05, 4.69) is 31.4 Å². The second-order valence-corrected chi connectivity index (χ2v) is 8.91. The Labute approximate surface area is 164 Å². The quantitative estimate of drug-likeness (QED) is 0.712. The summed E-state index contributed by atoms with van der Waals surface area (Å²) in [5.41, 5.74) is 2.86. The Bertz CT molecular complexity index is 951. The molecule has 146 valence electrons. The topological polar surface area (TPSA) is 66.6 Å². The van der Waals surface area contributed by atoms with Crippen molar-refractivity contribution in [3.63, 3.8) is 0 Å². The van der Waals surface area contributed by atoms with E-state index in [4.69, 9.17) is 0 Å². The van der Waals surface area contributed by atoms with Crippen LogP contribution in [0, 0.1) is 11.8 Å². The number of hydrogen-bond acceptors (Lipinski definition) is 5. The molecule has 4 aliphatic rings. The lowest BCUT2D eigenvalue weighted by Gasteiger charge is -2.54. The minimum atomic E-state index is 0.118. The monoisotopic (exact) mass is 378 g/mol. The number of amides is 1. The molecule has 6 rings (SSSR count). The summed E-state index contributed by atoms with van der Waals surface area (Å²) in [5, 5.41) is 11.6. The molecule has 0 unspecified atom stereocenters. The highest BCUT2D eigenvalue weighted by atomic mass is 16.2. The molecule has 2 aromatic rings. The number of hydrogen-bond donors (Lipinski definition) is 0. The molecule has 2 aromatic heterocycles. The highest BCUT2D eigenvalue weighted by molar-refractivity contribution is 5.94. The van der Waals surface area contributed by atoms with Crippen LogP contribution in [0.25, 0.3) is 5.65 Å². The molecule has 3 aliphatic heterocycles. The molecule has 2 bridgehead atoms. The number of likely N-dealkylation sites (tertiary alicyclic amines) is 1. The number of fused-ring (bicyclic) bond motifs is 7. The van der Waals surface area contributed by atoms with E-state index in [-0.39, 0.29) is 11.9 Å². The minimum absolute atomic E-state index is 0.118. The van der Waals surface area contributed by atoms with E-state index >= 15 is 0 Å². The standard InChI is InChI=1S/C21H26N6O/c28-21(15-6-7-19-22-23-24-27(19)13-15)26-9-3-4-14-10-16-11-17(20(14)26)12-25-8-2-1-5-18(16)25/h6-7,10,13,16-18,20H,1-5,8-9,11-12H2/t16-,17+,18-,20-/m1/s1. The molecule has 1 amide bonds. The first kappa shape index (κ1) is 16.7. The number of aromatic nitrogens is 4. The van der Waals surface area contributed by atoms with Crippen molar-refractivity contribution >= 4 is 11.6 Å². The van der Waals surface area contributed by atoms with Gasteiger partial charge in [0.15, 0.2) is 5.65 Å². The van der Waals surface area contributed by atoms with Crippen LogP contribution in [-0.4, -0.2) is 67.5 Å². The average molecular weight is 378 g/mol. The number of tetrazole rings is 1. The van der Waals surface area contributed by atoms with E-state index in [1.807, 2.05) is 12.1 Å². The Morgan fingerprint density at radius 3 is 3.07 bits per heavy atom. The molecule has 28 heavy (non-hydrogen) atoms. The van der Waals surface area contributed by atoms with Crippen molar-refractivity contribution in [1.29, 1.82) is 0 Å². The summed E-state index contributed by atoms with van der Waals surface area (Å²) < 4.78 is 1.59. The average Bonchev–Trinajstić information content (AvgIpc) is 3.21. The summed E-state index contributed by atoms with van der Waals surface area (Å²) in [7, 11) is 0. The fourth-order valence-electron chi connectivity index (χ4n) is 6.23. The third-order valence-corrected chi connectivity index (χ3v) is 7.36. The van der Waals surface area contributed by atoms with Gasteiger partial charge in [-0.15, -0.1) is 5.10 Å². The molecule has 0 radical (unpaired) electrons. The Morgan fingerprint density at radius 2 is 2.11 bits per heavy atom. The van der Waals surface area contributed by atoms with Gasteiger partial charge in [-0.05, 0) is 73.0 Å². The molecule has 0 spiro atoms. The normalized spacial score (nSPS) is 32.6. The zero-order valence-corrected chi connectivity index (χ0v) is 16.1. The summed E-state index contributed by atoms with van der Waals surface area (Å²) in [6, 6.07) is 4.69. The number of pyridine rings is 1. The van der Waals surface area contributed by atoms with Crippen LogP contribution >= 0.6 is 0 Å². The van der Waals surface area contributed by atoms with Crippen molar-refractivity contribution in [3.05, 3.63) is 35.5 Å². The van der Waals surface area contributed by atoms with Crippen LogP contribution in [0.3, 0.4) is 0 Å². The number of nitrogens with zero attached hydrogens (tertiary/aromatic N) is 6. The molecule has 4 atom stereocenters. The van der Waals surface area contributed by atoms with Gasteiger partial charge in [-0.25, -0.2) is 0 Å². The van der Waals surface area contributed by atoms with Gasteiger partial charge in [-0.1, -0.05) is 18.1 Å².